The summed E-state index contributed by atoms with van der Waals surface area (Å²) in [7, 11) is 5.17. The summed E-state index contributed by atoms with van der Waals surface area (Å²) in [6.07, 6.45) is -0.0413. The van der Waals surface area contributed by atoms with Gasteiger partial charge in [0.25, 0.3) is 17.7 Å². The van der Waals surface area contributed by atoms with Gasteiger partial charge in [-0.3, -0.25) is 24.1 Å². The molecule has 1 N–H and O–H groups in total. The maximum Gasteiger partial charge on any atom is 0.333 e. The maximum atomic E-state index is 13.2. The lowest BCUT2D eigenvalue weighted by Gasteiger charge is -2.42. The van der Waals surface area contributed by atoms with E-state index in [0.29, 0.717) is 22.6 Å². The number of oxime groups is 1. The Bertz CT molecular complexity index is 1790. The van der Waals surface area contributed by atoms with Gasteiger partial charge in [-0.15, -0.1) is 0 Å². The Hall–Kier alpha value is -6.25. The lowest BCUT2D eigenvalue weighted by Crippen LogP contribution is -2.66. The highest BCUT2D eigenvalue weighted by Crippen LogP contribution is 2.30. The van der Waals surface area contributed by atoms with Crippen molar-refractivity contribution in [3.8, 4) is 11.5 Å². The summed E-state index contributed by atoms with van der Waals surface area (Å²) >= 11 is 0. The molecule has 0 radical (unpaired) electrons. The van der Waals surface area contributed by atoms with Crippen molar-refractivity contribution in [3.63, 3.8) is 0 Å². The Morgan fingerprint density at radius 2 is 1.42 bits per heavy atom. The van der Waals surface area contributed by atoms with E-state index < -0.39 is 53.7 Å². The van der Waals surface area contributed by atoms with Gasteiger partial charge >= 0.3 is 11.9 Å². The number of carbonyl (C=O) groups excluding carboxylic acids is 6. The third-order valence-corrected chi connectivity index (χ3v) is 8.23. The molecular weight excluding hydrogens is 652 g/mol. The number of benzene rings is 3. The normalized spacial score (nSPS) is 16.5. The highest BCUT2D eigenvalue weighted by molar-refractivity contribution is 6.45. The fourth-order valence-electron chi connectivity index (χ4n) is 5.65. The zero-order valence-corrected chi connectivity index (χ0v) is 27.6. The van der Waals surface area contributed by atoms with Crippen LogP contribution in [0.3, 0.4) is 0 Å². The van der Waals surface area contributed by atoms with E-state index in [9.17, 15) is 28.8 Å². The van der Waals surface area contributed by atoms with Gasteiger partial charge in [0.2, 0.25) is 5.91 Å². The van der Waals surface area contributed by atoms with Crippen LogP contribution in [0.2, 0.25) is 0 Å². The predicted molar refractivity (Wildman–Crippen MR) is 174 cm³/mol. The van der Waals surface area contributed by atoms with Crippen molar-refractivity contribution in [1.82, 2.24) is 15.1 Å². The number of ether oxygens (including phenoxy) is 4. The zero-order chi connectivity index (χ0) is 35.9. The smallest absolute Gasteiger partial charge is 0.333 e. The molecule has 2 aliphatic heterocycles. The molecule has 2 aliphatic rings. The van der Waals surface area contributed by atoms with Gasteiger partial charge in [0.1, 0.15) is 30.7 Å². The molecule has 3 aromatic carbocycles. The SMILES string of the molecule is CON=C(C(=O)NC1CN(C(C(=O)OC)c2ccc(OC)cc2)C1=O)c1ccc(OCCC(C(=O)OC)N2C(=O)c3ccccc3C2=O)cc1. The summed E-state index contributed by atoms with van der Waals surface area (Å²) < 4.78 is 20.7. The van der Waals surface area contributed by atoms with Crippen LogP contribution >= 0.6 is 0 Å². The second-order valence-electron chi connectivity index (χ2n) is 11.1. The Labute approximate surface area is 286 Å². The minimum Gasteiger partial charge on any atom is -0.497 e. The molecular formula is C35H34N4O11. The van der Waals surface area contributed by atoms with Gasteiger partial charge in [-0.25, -0.2) is 9.59 Å². The molecule has 1 saturated heterocycles. The second kappa shape index (κ2) is 15.3. The third kappa shape index (κ3) is 6.97. The molecule has 0 saturated carbocycles. The molecule has 3 aromatic rings. The summed E-state index contributed by atoms with van der Waals surface area (Å²) in [5.41, 5.74) is 1.15. The number of carbonyl (C=O) groups is 6. The minimum atomic E-state index is -1.21. The average Bonchev–Trinajstić information content (AvgIpc) is 3.40. The van der Waals surface area contributed by atoms with Crippen molar-refractivity contribution in [3.05, 3.63) is 95.1 Å². The van der Waals surface area contributed by atoms with Gasteiger partial charge in [-0.05, 0) is 54.1 Å². The number of nitrogens with zero attached hydrogens (tertiary/aromatic N) is 3. The van der Waals surface area contributed by atoms with E-state index in [1.54, 1.807) is 60.7 Å². The van der Waals surface area contributed by atoms with Crippen molar-refractivity contribution < 1.29 is 52.6 Å². The van der Waals surface area contributed by atoms with Crippen LogP contribution in [0.25, 0.3) is 0 Å². The summed E-state index contributed by atoms with van der Waals surface area (Å²) in [4.78, 5) is 84.6. The molecule has 3 atom stereocenters. The van der Waals surface area contributed by atoms with Crippen LogP contribution in [-0.2, 0) is 33.5 Å². The van der Waals surface area contributed by atoms with Crippen molar-refractivity contribution >= 4 is 41.3 Å². The molecule has 0 spiro atoms. The lowest BCUT2D eigenvalue weighted by atomic mass is 9.97. The Balaban J connectivity index is 1.20. The summed E-state index contributed by atoms with van der Waals surface area (Å²) in [6.45, 7) is -0.0217. The van der Waals surface area contributed by atoms with Crippen LogP contribution in [0.4, 0.5) is 0 Å². The Morgan fingerprint density at radius 3 is 1.96 bits per heavy atom. The molecule has 2 heterocycles. The standard InChI is InChI=1S/C35H34N4O11/c1-46-22-13-11-21(12-14-22)29(35(45)48-3)38-19-26(33(38)43)36-30(40)28(37-49-4)20-9-15-23(16-10-20)50-18-17-27(34(44)47-2)39-31(41)24-7-5-6-8-25(24)32(39)42/h5-16,26-27,29H,17-19H2,1-4H3,(H,36,40). The first-order valence-electron chi connectivity index (χ1n) is 15.4. The van der Waals surface area contributed by atoms with Gasteiger partial charge in [-0.2, -0.15) is 0 Å². The maximum absolute atomic E-state index is 13.2. The number of hydrogen-bond acceptors (Lipinski definition) is 12. The van der Waals surface area contributed by atoms with Crippen LogP contribution in [0, 0.1) is 0 Å². The predicted octanol–water partition coefficient (Wildman–Crippen LogP) is 1.89. The molecule has 0 bridgehead atoms. The fourth-order valence-corrected chi connectivity index (χ4v) is 5.65. The van der Waals surface area contributed by atoms with Crippen LogP contribution in [0.5, 0.6) is 11.5 Å². The van der Waals surface area contributed by atoms with E-state index >= 15 is 0 Å². The van der Waals surface area contributed by atoms with Crippen molar-refractivity contribution in [2.24, 2.45) is 5.16 Å². The van der Waals surface area contributed by atoms with Crippen molar-refractivity contribution in [2.75, 3.05) is 41.6 Å². The van der Waals surface area contributed by atoms with E-state index in [2.05, 4.69) is 10.5 Å². The number of β-lactam (4-membered cyclic amide) rings is 1. The molecule has 5 rings (SSSR count). The molecule has 15 heteroatoms. The Kier molecular flexibility index (Phi) is 10.7. The van der Waals surface area contributed by atoms with Gasteiger partial charge in [0.05, 0.1) is 45.6 Å². The van der Waals surface area contributed by atoms with E-state index in [1.165, 1.54) is 45.5 Å². The third-order valence-electron chi connectivity index (χ3n) is 8.23. The largest absolute Gasteiger partial charge is 0.497 e. The highest BCUT2D eigenvalue weighted by atomic mass is 16.6. The average molecular weight is 687 g/mol. The number of likely N-dealkylation sites (tertiary alicyclic amines) is 1. The first kappa shape index (κ1) is 35.1. The lowest BCUT2D eigenvalue weighted by molar-refractivity contribution is -0.161. The number of amides is 4. The highest BCUT2D eigenvalue weighted by Gasteiger charge is 2.46. The molecule has 0 aromatic heterocycles. The molecule has 260 valence electrons. The number of rotatable bonds is 14. The first-order chi connectivity index (χ1) is 24.1. The van der Waals surface area contributed by atoms with Crippen LogP contribution in [0.1, 0.15) is 44.3 Å². The number of imide groups is 1. The van der Waals surface area contributed by atoms with Crippen LogP contribution in [0.15, 0.2) is 78.0 Å². The number of methoxy groups -OCH3 is 3. The van der Waals surface area contributed by atoms with E-state index in [0.717, 1.165) is 4.90 Å². The molecule has 4 amide bonds. The Morgan fingerprint density at radius 1 is 0.820 bits per heavy atom. The van der Waals surface area contributed by atoms with Crippen molar-refractivity contribution in [1.29, 1.82) is 0 Å². The quantitative estimate of drug-likeness (QED) is 0.0861. The summed E-state index contributed by atoms with van der Waals surface area (Å²) in [6, 6.07) is 16.0. The van der Waals surface area contributed by atoms with Crippen LogP contribution in [-0.4, -0.2) is 105 Å². The molecule has 3 unspecified atom stereocenters. The van der Waals surface area contributed by atoms with Crippen molar-refractivity contribution in [2.45, 2.75) is 24.5 Å². The van der Waals surface area contributed by atoms with Gasteiger partial charge < -0.3 is 34.0 Å². The van der Waals surface area contributed by atoms with E-state index in [-0.39, 0.29) is 36.4 Å². The molecule has 50 heavy (non-hydrogen) atoms. The van der Waals surface area contributed by atoms with Gasteiger partial charge in [-0.1, -0.05) is 29.4 Å². The topological polar surface area (TPSA) is 179 Å². The van der Waals surface area contributed by atoms with E-state index in [4.69, 9.17) is 23.8 Å². The van der Waals surface area contributed by atoms with Crippen LogP contribution < -0.4 is 14.8 Å². The fraction of sp³-hybridized carbons (Fsp3) is 0.286. The van der Waals surface area contributed by atoms with Gasteiger partial charge in [0.15, 0.2) is 11.8 Å². The summed E-state index contributed by atoms with van der Waals surface area (Å²) in [5.74, 6) is -2.84. The summed E-state index contributed by atoms with van der Waals surface area (Å²) in [5, 5.41) is 6.47. The van der Waals surface area contributed by atoms with Gasteiger partial charge in [0, 0.05) is 12.0 Å². The number of fused-ring (bicyclic) bond motifs is 1. The number of esters is 2. The molecule has 1 fully saturated rings. The van der Waals surface area contributed by atoms with E-state index in [1.807, 2.05) is 0 Å². The monoisotopic (exact) mass is 686 g/mol. The molecule has 0 aliphatic carbocycles. The minimum absolute atomic E-state index is 0.0384. The molecule has 15 nitrogen and oxygen atoms in total. The number of nitrogens with one attached hydrogen (secondary N) is 1. The zero-order valence-electron chi connectivity index (χ0n) is 27.6. The number of hydrogen-bond donors (Lipinski definition) is 1. The first-order valence-corrected chi connectivity index (χ1v) is 15.4. The second-order valence-corrected chi connectivity index (χ2v) is 11.1.